The van der Waals surface area contributed by atoms with Crippen molar-refractivity contribution in [2.24, 2.45) is 0 Å². The normalized spacial score (nSPS) is 20.5. The van der Waals surface area contributed by atoms with Gasteiger partial charge in [0, 0.05) is 32.2 Å². The molecule has 1 amide bonds. The zero-order chi connectivity index (χ0) is 19.0. The van der Waals surface area contributed by atoms with E-state index in [0.29, 0.717) is 37.1 Å². The van der Waals surface area contributed by atoms with Crippen LogP contribution in [0.5, 0.6) is 0 Å². The Kier molecular flexibility index (Phi) is 4.92. The second-order valence-electron chi connectivity index (χ2n) is 7.41. The van der Waals surface area contributed by atoms with Crippen LogP contribution in [0.15, 0.2) is 47.4 Å². The molecule has 4 rings (SSSR count). The summed E-state index contributed by atoms with van der Waals surface area (Å²) in [5.41, 5.74) is 0. The third-order valence-corrected chi connectivity index (χ3v) is 7.38. The highest BCUT2D eigenvalue weighted by atomic mass is 32.2. The van der Waals surface area contributed by atoms with Crippen molar-refractivity contribution in [2.75, 3.05) is 26.2 Å². The molecule has 144 valence electrons. The Balaban J connectivity index is 1.43. The lowest BCUT2D eigenvalue weighted by molar-refractivity contribution is -0.126. The van der Waals surface area contributed by atoms with Gasteiger partial charge in [-0.05, 0) is 42.7 Å². The van der Waals surface area contributed by atoms with Crippen LogP contribution in [0.25, 0.3) is 10.8 Å². The predicted molar refractivity (Wildman–Crippen MR) is 105 cm³/mol. The zero-order valence-corrected chi connectivity index (χ0v) is 16.3. The third kappa shape index (κ3) is 3.85. The summed E-state index contributed by atoms with van der Waals surface area (Å²) in [6, 6.07) is 13.1. The minimum atomic E-state index is -3.53. The van der Waals surface area contributed by atoms with Crippen LogP contribution in [0.4, 0.5) is 0 Å². The lowest BCUT2D eigenvalue weighted by Crippen LogP contribution is -2.55. The van der Waals surface area contributed by atoms with Crippen LogP contribution >= 0.6 is 0 Å². The molecule has 1 aliphatic carbocycles. The topological polar surface area (TPSA) is 69.7 Å². The number of carbonyl (C=O) groups is 1. The first kappa shape index (κ1) is 18.4. The molecule has 0 bridgehead atoms. The molecule has 0 aromatic heterocycles. The first-order chi connectivity index (χ1) is 12.9. The molecule has 0 radical (unpaired) electrons. The molecule has 2 fully saturated rings. The molecular weight excluding hydrogens is 362 g/mol. The fourth-order valence-corrected chi connectivity index (χ4v) is 4.98. The van der Waals surface area contributed by atoms with E-state index < -0.39 is 10.0 Å². The van der Waals surface area contributed by atoms with Crippen LogP contribution in [-0.4, -0.2) is 61.8 Å². The second-order valence-corrected chi connectivity index (χ2v) is 9.35. The number of sulfonamides is 1. The number of piperazine rings is 1. The maximum absolute atomic E-state index is 13.0. The van der Waals surface area contributed by atoms with E-state index in [1.807, 2.05) is 37.3 Å². The van der Waals surface area contributed by atoms with Crippen LogP contribution in [0.2, 0.25) is 0 Å². The minimum absolute atomic E-state index is 0.0448. The van der Waals surface area contributed by atoms with Gasteiger partial charge >= 0.3 is 0 Å². The van der Waals surface area contributed by atoms with Gasteiger partial charge in [0.05, 0.1) is 10.9 Å². The summed E-state index contributed by atoms with van der Waals surface area (Å²) in [5.74, 6) is 0.0448. The van der Waals surface area contributed by atoms with Gasteiger partial charge in [-0.25, -0.2) is 8.42 Å². The highest BCUT2D eigenvalue weighted by molar-refractivity contribution is 7.89. The molecule has 2 aromatic carbocycles. The minimum Gasteiger partial charge on any atom is -0.352 e. The highest BCUT2D eigenvalue weighted by Gasteiger charge is 2.33. The summed E-state index contributed by atoms with van der Waals surface area (Å²) >= 11 is 0. The van der Waals surface area contributed by atoms with Crippen LogP contribution in [0.3, 0.4) is 0 Å². The summed E-state index contributed by atoms with van der Waals surface area (Å²) in [6.45, 7) is 3.82. The number of nitrogens with zero attached hydrogens (tertiary/aromatic N) is 2. The second kappa shape index (κ2) is 7.22. The van der Waals surface area contributed by atoms with Gasteiger partial charge in [0.2, 0.25) is 15.9 Å². The van der Waals surface area contributed by atoms with Crippen molar-refractivity contribution in [3.05, 3.63) is 42.5 Å². The molecule has 1 N–H and O–H groups in total. The number of amides is 1. The number of nitrogens with one attached hydrogen (secondary N) is 1. The smallest absolute Gasteiger partial charge is 0.243 e. The van der Waals surface area contributed by atoms with Crippen LogP contribution in [0.1, 0.15) is 19.8 Å². The summed E-state index contributed by atoms with van der Waals surface area (Å²) in [6.07, 6.45) is 2.13. The Morgan fingerprint density at radius 1 is 1.04 bits per heavy atom. The number of carbonyl (C=O) groups excluding carboxylic acids is 1. The first-order valence-electron chi connectivity index (χ1n) is 9.48. The van der Waals surface area contributed by atoms with Crippen LogP contribution in [-0.2, 0) is 14.8 Å². The van der Waals surface area contributed by atoms with Crippen LogP contribution in [0, 0.1) is 0 Å². The van der Waals surface area contributed by atoms with Crippen molar-refractivity contribution in [3.63, 3.8) is 0 Å². The maximum atomic E-state index is 13.0. The van der Waals surface area contributed by atoms with Crippen LogP contribution < -0.4 is 5.32 Å². The average Bonchev–Trinajstić information content (AvgIpc) is 3.51. The molecular formula is C20H25N3O3S. The van der Waals surface area contributed by atoms with Gasteiger partial charge in [-0.3, -0.25) is 9.69 Å². The van der Waals surface area contributed by atoms with E-state index in [1.165, 1.54) is 4.31 Å². The Bertz CT molecular complexity index is 948. The molecule has 1 saturated heterocycles. The van der Waals surface area contributed by atoms with Crippen molar-refractivity contribution in [1.29, 1.82) is 0 Å². The molecule has 2 aliphatic rings. The van der Waals surface area contributed by atoms with E-state index in [0.717, 1.165) is 23.6 Å². The van der Waals surface area contributed by atoms with Crippen molar-refractivity contribution in [2.45, 2.75) is 36.7 Å². The Labute approximate surface area is 160 Å². The standard InChI is InChI=1S/C20H25N3O3S/c1-15(20(24)21-18-7-8-18)22-10-12-23(13-11-22)27(25,26)19-9-6-16-4-2-3-5-17(16)14-19/h2-6,9,14-15,18H,7-8,10-13H2,1H3,(H,21,24)/t15-/m1/s1. The number of rotatable bonds is 5. The molecule has 1 aliphatic heterocycles. The quantitative estimate of drug-likeness (QED) is 0.850. The summed E-state index contributed by atoms with van der Waals surface area (Å²) in [7, 11) is -3.53. The number of hydrogen-bond acceptors (Lipinski definition) is 4. The molecule has 2 aromatic rings. The SMILES string of the molecule is C[C@H](C(=O)NC1CC1)N1CCN(S(=O)(=O)c2ccc3ccccc3c2)CC1. The van der Waals surface area contributed by atoms with Gasteiger partial charge in [0.1, 0.15) is 0 Å². The summed E-state index contributed by atoms with van der Waals surface area (Å²) in [5, 5.41) is 4.97. The summed E-state index contributed by atoms with van der Waals surface area (Å²) < 4.78 is 27.6. The largest absolute Gasteiger partial charge is 0.352 e. The van der Waals surface area contributed by atoms with E-state index in [4.69, 9.17) is 0 Å². The van der Waals surface area contributed by atoms with Gasteiger partial charge in [-0.2, -0.15) is 4.31 Å². The number of benzene rings is 2. The Morgan fingerprint density at radius 2 is 1.70 bits per heavy atom. The molecule has 0 spiro atoms. The number of hydrogen-bond donors (Lipinski definition) is 1. The fraction of sp³-hybridized carbons (Fsp3) is 0.450. The van der Waals surface area contributed by atoms with Crippen molar-refractivity contribution in [1.82, 2.24) is 14.5 Å². The Hall–Kier alpha value is -1.96. The van der Waals surface area contributed by atoms with E-state index in [9.17, 15) is 13.2 Å². The lowest BCUT2D eigenvalue weighted by atomic mass is 10.1. The maximum Gasteiger partial charge on any atom is 0.243 e. The van der Waals surface area contributed by atoms with E-state index in [1.54, 1.807) is 12.1 Å². The monoisotopic (exact) mass is 387 g/mol. The molecule has 7 heteroatoms. The van der Waals surface area contributed by atoms with Gasteiger partial charge in [0.15, 0.2) is 0 Å². The van der Waals surface area contributed by atoms with Crippen molar-refractivity contribution < 1.29 is 13.2 Å². The lowest BCUT2D eigenvalue weighted by Gasteiger charge is -2.36. The zero-order valence-electron chi connectivity index (χ0n) is 15.5. The molecule has 1 heterocycles. The highest BCUT2D eigenvalue weighted by Crippen LogP contribution is 2.23. The molecule has 27 heavy (non-hydrogen) atoms. The average molecular weight is 388 g/mol. The van der Waals surface area contributed by atoms with Gasteiger partial charge in [-0.15, -0.1) is 0 Å². The first-order valence-corrected chi connectivity index (χ1v) is 10.9. The molecule has 0 unspecified atom stereocenters. The van der Waals surface area contributed by atoms with E-state index in [-0.39, 0.29) is 11.9 Å². The molecule has 1 saturated carbocycles. The van der Waals surface area contributed by atoms with Crippen molar-refractivity contribution >= 4 is 26.7 Å². The molecule has 6 nitrogen and oxygen atoms in total. The van der Waals surface area contributed by atoms with Gasteiger partial charge in [-0.1, -0.05) is 30.3 Å². The summed E-state index contributed by atoms with van der Waals surface area (Å²) in [4.78, 5) is 14.6. The Morgan fingerprint density at radius 3 is 2.37 bits per heavy atom. The van der Waals surface area contributed by atoms with E-state index in [2.05, 4.69) is 10.2 Å². The van der Waals surface area contributed by atoms with E-state index >= 15 is 0 Å². The van der Waals surface area contributed by atoms with Gasteiger partial charge in [0.25, 0.3) is 0 Å². The predicted octanol–water partition coefficient (Wildman–Crippen LogP) is 1.81. The molecule has 1 atom stereocenters. The van der Waals surface area contributed by atoms with Crippen molar-refractivity contribution in [3.8, 4) is 0 Å². The van der Waals surface area contributed by atoms with Gasteiger partial charge < -0.3 is 5.32 Å². The third-order valence-electron chi connectivity index (χ3n) is 5.48. The number of fused-ring (bicyclic) bond motifs is 1. The fourth-order valence-electron chi connectivity index (χ4n) is 3.52.